The minimum absolute atomic E-state index is 0. The Bertz CT molecular complexity index is 651. The molecule has 1 atom stereocenters. The summed E-state index contributed by atoms with van der Waals surface area (Å²) < 4.78 is 5.98. The number of hydrogen-bond donors (Lipinski definition) is 1. The van der Waals surface area contributed by atoms with Crippen LogP contribution in [-0.4, -0.2) is 31.1 Å². The van der Waals surface area contributed by atoms with Crippen molar-refractivity contribution in [3.63, 3.8) is 0 Å². The van der Waals surface area contributed by atoms with Crippen molar-refractivity contribution in [3.8, 4) is 11.5 Å². The number of rotatable bonds is 5. The fourth-order valence-corrected chi connectivity index (χ4v) is 4.55. The van der Waals surface area contributed by atoms with Gasteiger partial charge in [-0.25, -0.2) is 0 Å². The van der Waals surface area contributed by atoms with E-state index in [-0.39, 0.29) is 24.8 Å². The zero-order valence-electron chi connectivity index (χ0n) is 16.4. The van der Waals surface area contributed by atoms with E-state index in [0.717, 1.165) is 43.6 Å². The van der Waals surface area contributed by atoms with Gasteiger partial charge >= 0.3 is 0 Å². The molecule has 4 rings (SSSR count). The predicted octanol–water partition coefficient (Wildman–Crippen LogP) is 5.85. The van der Waals surface area contributed by atoms with Crippen molar-refractivity contribution in [2.75, 3.05) is 26.2 Å². The molecule has 2 aliphatic rings. The number of nitrogens with zero attached hydrogens (tertiary/aromatic N) is 1. The molecular weight excluding hydrogens is 391 g/mol. The molecule has 2 aromatic carbocycles. The Morgan fingerprint density at radius 1 is 0.786 bits per heavy atom. The van der Waals surface area contributed by atoms with Gasteiger partial charge in [0.2, 0.25) is 0 Å². The third kappa shape index (κ3) is 5.87. The maximum atomic E-state index is 5.98. The Hall–Kier alpha value is -1.26. The molecule has 1 aliphatic carbocycles. The summed E-state index contributed by atoms with van der Waals surface area (Å²) in [5.74, 6) is 2.61. The van der Waals surface area contributed by atoms with Crippen molar-refractivity contribution in [1.82, 2.24) is 10.2 Å². The van der Waals surface area contributed by atoms with Gasteiger partial charge < -0.3 is 10.1 Å². The Morgan fingerprint density at radius 3 is 2.04 bits per heavy atom. The van der Waals surface area contributed by atoms with Crippen molar-refractivity contribution < 1.29 is 4.74 Å². The van der Waals surface area contributed by atoms with E-state index in [2.05, 4.69) is 34.5 Å². The lowest BCUT2D eigenvalue weighted by Crippen LogP contribution is -2.47. The number of nitrogens with one attached hydrogen (secondary N) is 1. The van der Waals surface area contributed by atoms with Gasteiger partial charge in [-0.2, -0.15) is 0 Å². The van der Waals surface area contributed by atoms with E-state index in [9.17, 15) is 0 Å². The first-order chi connectivity index (χ1) is 12.9. The standard InChI is InChI=1S/C23H30N2O.2ClH/c1-3-7-19(8-4-1)23(25-17-15-24-16-18-25)20-11-13-22(14-12-20)26-21-9-5-2-6-10-21;;/h2,5-6,9-14,19,23-24H,1,3-4,7-8,15-18H2;2*1H/t23-;;/m1../s1. The lowest BCUT2D eigenvalue weighted by molar-refractivity contribution is 0.103. The van der Waals surface area contributed by atoms with Crippen LogP contribution in [0.4, 0.5) is 0 Å². The highest BCUT2D eigenvalue weighted by Crippen LogP contribution is 2.39. The normalized spacial score (nSPS) is 19.1. The van der Waals surface area contributed by atoms with E-state index in [0.29, 0.717) is 6.04 Å². The summed E-state index contributed by atoms with van der Waals surface area (Å²) in [5.41, 5.74) is 1.46. The molecule has 0 radical (unpaired) electrons. The molecule has 0 amide bonds. The number of para-hydroxylation sites is 1. The topological polar surface area (TPSA) is 24.5 Å². The van der Waals surface area contributed by atoms with Crippen LogP contribution in [-0.2, 0) is 0 Å². The van der Waals surface area contributed by atoms with Crippen LogP contribution in [0.25, 0.3) is 0 Å². The second-order valence-electron chi connectivity index (χ2n) is 7.61. The largest absolute Gasteiger partial charge is 0.457 e. The number of hydrogen-bond acceptors (Lipinski definition) is 3. The van der Waals surface area contributed by atoms with E-state index < -0.39 is 0 Å². The minimum Gasteiger partial charge on any atom is -0.457 e. The van der Waals surface area contributed by atoms with Crippen LogP contribution in [0.1, 0.15) is 43.7 Å². The van der Waals surface area contributed by atoms with Crippen molar-refractivity contribution in [2.24, 2.45) is 5.92 Å². The van der Waals surface area contributed by atoms with E-state index in [1.165, 1.54) is 37.7 Å². The number of piperazine rings is 1. The lowest BCUT2D eigenvalue weighted by atomic mass is 9.80. The van der Waals surface area contributed by atoms with Crippen molar-refractivity contribution in [2.45, 2.75) is 38.1 Å². The number of halogens is 2. The molecule has 28 heavy (non-hydrogen) atoms. The first-order valence-electron chi connectivity index (χ1n) is 10.2. The molecule has 1 saturated heterocycles. The van der Waals surface area contributed by atoms with E-state index in [1.807, 2.05) is 30.3 Å². The van der Waals surface area contributed by atoms with Crippen LogP contribution in [0.2, 0.25) is 0 Å². The average Bonchev–Trinajstić information content (AvgIpc) is 2.72. The molecule has 2 fully saturated rings. The first kappa shape index (κ1) is 23.0. The zero-order valence-corrected chi connectivity index (χ0v) is 18.0. The van der Waals surface area contributed by atoms with E-state index in [1.54, 1.807) is 0 Å². The Kier molecular flexibility index (Phi) is 9.60. The van der Waals surface area contributed by atoms with E-state index in [4.69, 9.17) is 4.74 Å². The Labute approximate surface area is 181 Å². The minimum atomic E-state index is 0. The summed E-state index contributed by atoms with van der Waals surface area (Å²) in [5, 5.41) is 3.50. The van der Waals surface area contributed by atoms with Gasteiger partial charge in [-0.15, -0.1) is 24.8 Å². The second-order valence-corrected chi connectivity index (χ2v) is 7.61. The molecule has 1 N–H and O–H groups in total. The molecule has 0 unspecified atom stereocenters. The van der Waals surface area contributed by atoms with Crippen LogP contribution in [0.3, 0.4) is 0 Å². The van der Waals surface area contributed by atoms with Crippen LogP contribution in [0.5, 0.6) is 11.5 Å². The molecule has 1 aliphatic heterocycles. The monoisotopic (exact) mass is 422 g/mol. The molecule has 1 heterocycles. The molecule has 0 spiro atoms. The Morgan fingerprint density at radius 2 is 1.39 bits per heavy atom. The SMILES string of the molecule is Cl.Cl.c1ccc(Oc2ccc([C@@H](C3CCCCC3)N3CCNCC3)cc2)cc1. The van der Waals surface area contributed by atoms with Gasteiger partial charge in [0.15, 0.2) is 0 Å². The summed E-state index contributed by atoms with van der Waals surface area (Å²) in [7, 11) is 0. The predicted molar refractivity (Wildman–Crippen MR) is 121 cm³/mol. The molecule has 5 heteroatoms. The summed E-state index contributed by atoms with van der Waals surface area (Å²) >= 11 is 0. The first-order valence-corrected chi connectivity index (χ1v) is 10.2. The molecule has 3 nitrogen and oxygen atoms in total. The van der Waals surface area contributed by atoms with Gasteiger partial charge in [0.1, 0.15) is 11.5 Å². The van der Waals surface area contributed by atoms with Crippen molar-refractivity contribution >= 4 is 24.8 Å². The summed E-state index contributed by atoms with van der Waals surface area (Å²) in [6, 6.07) is 19.4. The summed E-state index contributed by atoms with van der Waals surface area (Å²) in [6.45, 7) is 4.53. The Balaban J connectivity index is 0.00000140. The highest BCUT2D eigenvalue weighted by molar-refractivity contribution is 5.85. The van der Waals surface area contributed by atoms with Crippen LogP contribution < -0.4 is 10.1 Å². The smallest absolute Gasteiger partial charge is 0.127 e. The van der Waals surface area contributed by atoms with Crippen LogP contribution in [0.15, 0.2) is 54.6 Å². The lowest BCUT2D eigenvalue weighted by Gasteiger charge is -2.41. The summed E-state index contributed by atoms with van der Waals surface area (Å²) in [4.78, 5) is 2.71. The molecule has 2 aromatic rings. The highest BCUT2D eigenvalue weighted by atomic mass is 35.5. The fraction of sp³-hybridized carbons (Fsp3) is 0.478. The molecule has 1 saturated carbocycles. The van der Waals surface area contributed by atoms with Gasteiger partial charge in [0, 0.05) is 32.2 Å². The molecule has 154 valence electrons. The quantitative estimate of drug-likeness (QED) is 0.653. The highest BCUT2D eigenvalue weighted by Gasteiger charge is 2.30. The van der Waals surface area contributed by atoms with Gasteiger partial charge in [-0.1, -0.05) is 49.6 Å². The third-order valence-corrected chi connectivity index (χ3v) is 5.84. The fourth-order valence-electron chi connectivity index (χ4n) is 4.55. The maximum absolute atomic E-state index is 5.98. The average molecular weight is 423 g/mol. The number of ether oxygens (including phenoxy) is 1. The molecular formula is C23H32Cl2N2O. The van der Waals surface area contributed by atoms with Crippen LogP contribution >= 0.6 is 24.8 Å². The van der Waals surface area contributed by atoms with Gasteiger partial charge in [-0.3, -0.25) is 4.90 Å². The van der Waals surface area contributed by atoms with Crippen molar-refractivity contribution in [3.05, 3.63) is 60.2 Å². The van der Waals surface area contributed by atoms with E-state index >= 15 is 0 Å². The maximum Gasteiger partial charge on any atom is 0.127 e. The summed E-state index contributed by atoms with van der Waals surface area (Å²) in [6.07, 6.45) is 6.94. The number of benzene rings is 2. The third-order valence-electron chi connectivity index (χ3n) is 5.84. The molecule has 0 bridgehead atoms. The molecule has 0 aromatic heterocycles. The van der Waals surface area contributed by atoms with Crippen LogP contribution in [0, 0.1) is 5.92 Å². The van der Waals surface area contributed by atoms with Gasteiger partial charge in [0.05, 0.1) is 0 Å². The zero-order chi connectivity index (χ0) is 17.6. The van der Waals surface area contributed by atoms with Crippen molar-refractivity contribution in [1.29, 1.82) is 0 Å². The van der Waals surface area contributed by atoms with Gasteiger partial charge in [-0.05, 0) is 48.6 Å². The second kappa shape index (κ2) is 11.7. The van der Waals surface area contributed by atoms with Gasteiger partial charge in [0.25, 0.3) is 0 Å².